The smallest absolute Gasteiger partial charge is 0.293 e. The Kier molecular flexibility index (Phi) is 3.20. The summed E-state index contributed by atoms with van der Waals surface area (Å²) < 4.78 is 4.98. The molecule has 5 heteroatoms. The lowest BCUT2D eigenvalue weighted by Gasteiger charge is -2.04. The summed E-state index contributed by atoms with van der Waals surface area (Å²) in [5, 5.41) is 11.7. The summed E-state index contributed by atoms with van der Waals surface area (Å²) in [4.78, 5) is 15.6. The quantitative estimate of drug-likeness (QED) is 0.845. The standard InChI is InChI=1S/C12H12N2O3/c1-8-11(17-7-13-8)12(16)14-10-4-2-3-9(5-10)6-15/h2-5,7,15H,6H2,1H3,(H,14,16). The number of benzene rings is 1. The number of carbonyl (C=O) groups is 1. The minimum atomic E-state index is -0.352. The number of amides is 1. The van der Waals surface area contributed by atoms with E-state index in [-0.39, 0.29) is 18.3 Å². The summed E-state index contributed by atoms with van der Waals surface area (Å²) in [6.45, 7) is 1.63. The van der Waals surface area contributed by atoms with Gasteiger partial charge in [0.15, 0.2) is 6.39 Å². The molecule has 0 fully saturated rings. The topological polar surface area (TPSA) is 75.4 Å². The van der Waals surface area contributed by atoms with E-state index in [0.717, 1.165) is 5.56 Å². The Hall–Kier alpha value is -2.14. The zero-order valence-corrected chi connectivity index (χ0v) is 9.30. The summed E-state index contributed by atoms with van der Waals surface area (Å²) in [7, 11) is 0. The Morgan fingerprint density at radius 1 is 1.53 bits per heavy atom. The van der Waals surface area contributed by atoms with Gasteiger partial charge in [0.2, 0.25) is 5.76 Å². The zero-order chi connectivity index (χ0) is 12.3. The number of aliphatic hydroxyl groups is 1. The predicted octanol–water partition coefficient (Wildman–Crippen LogP) is 1.73. The lowest BCUT2D eigenvalue weighted by Crippen LogP contribution is -2.12. The first kappa shape index (κ1) is 11.3. The van der Waals surface area contributed by atoms with Gasteiger partial charge in [0.05, 0.1) is 12.3 Å². The lowest BCUT2D eigenvalue weighted by atomic mass is 10.2. The van der Waals surface area contributed by atoms with Gasteiger partial charge in [-0.3, -0.25) is 4.79 Å². The van der Waals surface area contributed by atoms with Gasteiger partial charge in [0.25, 0.3) is 5.91 Å². The third kappa shape index (κ3) is 2.51. The van der Waals surface area contributed by atoms with Crippen molar-refractivity contribution in [3.63, 3.8) is 0 Å². The highest BCUT2D eigenvalue weighted by Crippen LogP contribution is 2.13. The molecule has 0 saturated carbocycles. The van der Waals surface area contributed by atoms with Crippen molar-refractivity contribution in [2.24, 2.45) is 0 Å². The van der Waals surface area contributed by atoms with E-state index in [0.29, 0.717) is 11.4 Å². The monoisotopic (exact) mass is 232 g/mol. The van der Waals surface area contributed by atoms with Crippen LogP contribution >= 0.6 is 0 Å². The van der Waals surface area contributed by atoms with Crippen LogP contribution in [0, 0.1) is 6.92 Å². The molecule has 0 bridgehead atoms. The number of aliphatic hydroxyl groups excluding tert-OH is 1. The molecule has 5 nitrogen and oxygen atoms in total. The van der Waals surface area contributed by atoms with Gasteiger partial charge in [-0.15, -0.1) is 0 Å². The Labute approximate surface area is 98.1 Å². The Bertz CT molecular complexity index is 534. The molecule has 0 saturated heterocycles. The number of hydrogen-bond donors (Lipinski definition) is 2. The van der Waals surface area contributed by atoms with Gasteiger partial charge < -0.3 is 14.8 Å². The highest BCUT2D eigenvalue weighted by molar-refractivity contribution is 6.02. The molecule has 1 aromatic carbocycles. The van der Waals surface area contributed by atoms with Gasteiger partial charge in [-0.25, -0.2) is 4.98 Å². The van der Waals surface area contributed by atoms with Gasteiger partial charge in [0.1, 0.15) is 0 Å². The van der Waals surface area contributed by atoms with Crippen LogP contribution in [-0.2, 0) is 6.61 Å². The van der Waals surface area contributed by atoms with Crippen molar-refractivity contribution in [2.45, 2.75) is 13.5 Å². The predicted molar refractivity (Wildman–Crippen MR) is 61.6 cm³/mol. The average Bonchev–Trinajstić information content (AvgIpc) is 2.76. The van der Waals surface area contributed by atoms with Crippen molar-refractivity contribution in [1.29, 1.82) is 0 Å². The maximum atomic E-state index is 11.8. The molecule has 1 heterocycles. The van der Waals surface area contributed by atoms with Crippen molar-refractivity contribution in [1.82, 2.24) is 4.98 Å². The largest absolute Gasteiger partial charge is 0.438 e. The first-order valence-corrected chi connectivity index (χ1v) is 5.12. The molecule has 17 heavy (non-hydrogen) atoms. The minimum absolute atomic E-state index is 0.0644. The Morgan fingerprint density at radius 2 is 2.35 bits per heavy atom. The number of aromatic nitrogens is 1. The van der Waals surface area contributed by atoms with Gasteiger partial charge in [-0.2, -0.15) is 0 Å². The Morgan fingerprint density at radius 3 is 3.00 bits per heavy atom. The van der Waals surface area contributed by atoms with Gasteiger partial charge in [0, 0.05) is 5.69 Å². The first-order chi connectivity index (χ1) is 8.20. The second-order valence-corrected chi connectivity index (χ2v) is 3.58. The molecule has 88 valence electrons. The second kappa shape index (κ2) is 4.80. The number of carbonyl (C=O) groups excluding carboxylic acids is 1. The number of nitrogens with one attached hydrogen (secondary N) is 1. The van der Waals surface area contributed by atoms with E-state index in [1.165, 1.54) is 6.39 Å². The molecule has 0 aliphatic heterocycles. The van der Waals surface area contributed by atoms with E-state index in [9.17, 15) is 4.79 Å². The molecular formula is C12H12N2O3. The zero-order valence-electron chi connectivity index (χ0n) is 9.30. The van der Waals surface area contributed by atoms with Crippen LogP contribution in [-0.4, -0.2) is 16.0 Å². The number of hydrogen-bond acceptors (Lipinski definition) is 4. The average molecular weight is 232 g/mol. The normalized spacial score (nSPS) is 10.2. The van der Waals surface area contributed by atoms with E-state index in [2.05, 4.69) is 10.3 Å². The molecule has 0 aliphatic carbocycles. The summed E-state index contributed by atoms with van der Waals surface area (Å²) >= 11 is 0. The van der Waals surface area contributed by atoms with Crippen molar-refractivity contribution < 1.29 is 14.3 Å². The van der Waals surface area contributed by atoms with Crippen molar-refractivity contribution in [3.8, 4) is 0 Å². The molecule has 2 rings (SSSR count). The number of nitrogens with zero attached hydrogens (tertiary/aromatic N) is 1. The molecule has 2 N–H and O–H groups in total. The van der Waals surface area contributed by atoms with Crippen molar-refractivity contribution in [2.75, 3.05) is 5.32 Å². The van der Waals surface area contributed by atoms with Crippen molar-refractivity contribution >= 4 is 11.6 Å². The highest BCUT2D eigenvalue weighted by Gasteiger charge is 2.13. The third-order valence-corrected chi connectivity index (χ3v) is 2.32. The highest BCUT2D eigenvalue weighted by atomic mass is 16.3. The lowest BCUT2D eigenvalue weighted by molar-refractivity contribution is 0.0996. The SMILES string of the molecule is Cc1ncoc1C(=O)Nc1cccc(CO)c1. The van der Waals surface area contributed by atoms with Gasteiger partial charge >= 0.3 is 0 Å². The number of rotatable bonds is 3. The number of anilines is 1. The summed E-state index contributed by atoms with van der Waals surface area (Å²) in [5.41, 5.74) is 1.88. The van der Waals surface area contributed by atoms with Crippen molar-refractivity contribution in [3.05, 3.63) is 47.7 Å². The fourth-order valence-electron chi connectivity index (χ4n) is 1.46. The van der Waals surface area contributed by atoms with Crippen LogP contribution in [0.1, 0.15) is 21.8 Å². The fraction of sp³-hybridized carbons (Fsp3) is 0.167. The molecule has 0 aliphatic rings. The van der Waals surface area contributed by atoms with E-state index < -0.39 is 0 Å². The molecule has 0 radical (unpaired) electrons. The molecule has 1 aromatic heterocycles. The minimum Gasteiger partial charge on any atom is -0.438 e. The second-order valence-electron chi connectivity index (χ2n) is 3.58. The van der Waals surface area contributed by atoms with E-state index >= 15 is 0 Å². The fourth-order valence-corrected chi connectivity index (χ4v) is 1.46. The first-order valence-electron chi connectivity index (χ1n) is 5.12. The van der Waals surface area contributed by atoms with Crippen LogP contribution in [0.2, 0.25) is 0 Å². The molecule has 1 amide bonds. The number of oxazole rings is 1. The molecule has 0 atom stereocenters. The van der Waals surface area contributed by atoms with Gasteiger partial charge in [-0.05, 0) is 24.6 Å². The molecule has 2 aromatic rings. The van der Waals surface area contributed by atoms with Crippen LogP contribution < -0.4 is 5.32 Å². The van der Waals surface area contributed by atoms with Gasteiger partial charge in [-0.1, -0.05) is 12.1 Å². The van der Waals surface area contributed by atoms with E-state index in [1.807, 2.05) is 0 Å². The molecular weight excluding hydrogens is 220 g/mol. The van der Waals surface area contributed by atoms with Crippen LogP contribution in [0.15, 0.2) is 35.1 Å². The maximum Gasteiger partial charge on any atom is 0.293 e. The van der Waals surface area contributed by atoms with Crippen LogP contribution in [0.3, 0.4) is 0 Å². The summed E-state index contributed by atoms with van der Waals surface area (Å²) in [5.74, 6) is -0.158. The summed E-state index contributed by atoms with van der Waals surface area (Å²) in [6, 6.07) is 6.97. The Balaban J connectivity index is 2.16. The summed E-state index contributed by atoms with van der Waals surface area (Å²) in [6.07, 6.45) is 1.23. The van der Waals surface area contributed by atoms with Crippen LogP contribution in [0.25, 0.3) is 0 Å². The molecule has 0 unspecified atom stereocenters. The third-order valence-electron chi connectivity index (χ3n) is 2.32. The van der Waals surface area contributed by atoms with Crippen LogP contribution in [0.4, 0.5) is 5.69 Å². The van der Waals surface area contributed by atoms with Crippen LogP contribution in [0.5, 0.6) is 0 Å². The number of aryl methyl sites for hydroxylation is 1. The van der Waals surface area contributed by atoms with E-state index in [4.69, 9.17) is 9.52 Å². The molecule has 0 spiro atoms. The van der Waals surface area contributed by atoms with E-state index in [1.54, 1.807) is 31.2 Å². The maximum absolute atomic E-state index is 11.8.